The lowest BCUT2D eigenvalue weighted by atomic mass is 10.1. The molecule has 0 spiro atoms. The Labute approximate surface area is 175 Å². The van der Waals surface area contributed by atoms with Crippen molar-refractivity contribution in [3.8, 4) is 0 Å². The number of likely N-dealkylation sites (tertiary alicyclic amines) is 1. The predicted octanol–water partition coefficient (Wildman–Crippen LogP) is 2.29. The lowest BCUT2D eigenvalue weighted by Gasteiger charge is -2.22. The molecule has 1 fully saturated rings. The van der Waals surface area contributed by atoms with Crippen molar-refractivity contribution in [2.45, 2.75) is 39.3 Å². The lowest BCUT2D eigenvalue weighted by molar-refractivity contribution is -0.122. The van der Waals surface area contributed by atoms with Gasteiger partial charge in [-0.1, -0.05) is 12.1 Å². The molecule has 1 aliphatic rings. The molecule has 0 bridgehead atoms. The van der Waals surface area contributed by atoms with E-state index in [0.717, 1.165) is 41.7 Å². The van der Waals surface area contributed by atoms with E-state index >= 15 is 0 Å². The van der Waals surface area contributed by atoms with Crippen LogP contribution in [0.1, 0.15) is 40.2 Å². The van der Waals surface area contributed by atoms with Crippen LogP contribution < -0.4 is 11.1 Å². The maximum atomic E-state index is 13.1. The molecule has 1 aromatic carbocycles. The predicted molar refractivity (Wildman–Crippen MR) is 115 cm³/mol. The molecule has 1 atom stereocenters. The fourth-order valence-electron chi connectivity index (χ4n) is 4.27. The number of nitrogens with one attached hydrogen (secondary N) is 1. The minimum absolute atomic E-state index is 0.199. The Kier molecular flexibility index (Phi) is 5.26. The van der Waals surface area contributed by atoms with Gasteiger partial charge in [0.1, 0.15) is 0 Å². The maximum absolute atomic E-state index is 13.1. The van der Waals surface area contributed by atoms with Gasteiger partial charge in [0, 0.05) is 25.0 Å². The average molecular weight is 406 g/mol. The summed E-state index contributed by atoms with van der Waals surface area (Å²) in [5.41, 5.74) is 10.0. The molecule has 4 rings (SSSR count). The van der Waals surface area contributed by atoms with Crippen LogP contribution in [0.25, 0.3) is 11.0 Å². The second kappa shape index (κ2) is 7.87. The van der Waals surface area contributed by atoms with Gasteiger partial charge in [-0.3, -0.25) is 19.2 Å². The average Bonchev–Trinajstić information content (AvgIpc) is 3.26. The summed E-state index contributed by atoms with van der Waals surface area (Å²) in [7, 11) is 1.82. The number of nitrogens with two attached hydrogens (primary N) is 1. The smallest absolute Gasteiger partial charge is 0.256 e. The van der Waals surface area contributed by atoms with Gasteiger partial charge in [-0.25, -0.2) is 4.98 Å². The maximum Gasteiger partial charge on any atom is 0.256 e. The Bertz CT molecular complexity index is 1140. The summed E-state index contributed by atoms with van der Waals surface area (Å²) in [6, 6.07) is 9.27. The molecule has 156 valence electrons. The lowest BCUT2D eigenvalue weighted by Crippen LogP contribution is -2.39. The first kappa shape index (κ1) is 20.0. The van der Waals surface area contributed by atoms with Gasteiger partial charge in [-0.05, 0) is 57.0 Å². The SMILES string of the molecule is Cc1cc(C(=O)Nc2cccc(CN3CCCC3C(N)=O)c2)c2c(C)nn(C)c2n1. The van der Waals surface area contributed by atoms with Gasteiger partial charge in [0.05, 0.1) is 22.7 Å². The summed E-state index contributed by atoms with van der Waals surface area (Å²) in [6.07, 6.45) is 1.76. The highest BCUT2D eigenvalue weighted by Gasteiger charge is 2.28. The van der Waals surface area contributed by atoms with Crippen LogP contribution >= 0.6 is 0 Å². The quantitative estimate of drug-likeness (QED) is 0.676. The third-order valence-corrected chi connectivity index (χ3v) is 5.60. The van der Waals surface area contributed by atoms with E-state index in [2.05, 4.69) is 20.3 Å². The van der Waals surface area contributed by atoms with E-state index in [9.17, 15) is 9.59 Å². The Morgan fingerprint density at radius 1 is 1.27 bits per heavy atom. The van der Waals surface area contributed by atoms with Crippen molar-refractivity contribution in [1.82, 2.24) is 19.7 Å². The van der Waals surface area contributed by atoms with E-state index in [1.807, 2.05) is 45.2 Å². The summed E-state index contributed by atoms with van der Waals surface area (Å²) in [5, 5.41) is 8.17. The van der Waals surface area contributed by atoms with Crippen molar-refractivity contribution in [2.24, 2.45) is 12.8 Å². The molecule has 30 heavy (non-hydrogen) atoms. The van der Waals surface area contributed by atoms with Gasteiger partial charge in [0.25, 0.3) is 5.91 Å². The molecule has 3 heterocycles. The third-order valence-electron chi connectivity index (χ3n) is 5.60. The van der Waals surface area contributed by atoms with Crippen LogP contribution in [0.5, 0.6) is 0 Å². The Morgan fingerprint density at radius 3 is 2.83 bits per heavy atom. The first-order valence-electron chi connectivity index (χ1n) is 10.1. The van der Waals surface area contributed by atoms with Crippen molar-refractivity contribution in [3.05, 3.63) is 52.8 Å². The van der Waals surface area contributed by atoms with Crippen molar-refractivity contribution < 1.29 is 9.59 Å². The van der Waals surface area contributed by atoms with Crippen LogP contribution in [-0.4, -0.2) is 44.1 Å². The number of benzene rings is 1. The van der Waals surface area contributed by atoms with Gasteiger partial charge < -0.3 is 11.1 Å². The fourth-order valence-corrected chi connectivity index (χ4v) is 4.27. The number of aromatic nitrogens is 3. The number of amides is 2. The second-order valence-corrected chi connectivity index (χ2v) is 7.90. The van der Waals surface area contributed by atoms with E-state index in [-0.39, 0.29) is 17.9 Å². The first-order valence-corrected chi connectivity index (χ1v) is 10.1. The minimum atomic E-state index is -0.277. The number of rotatable bonds is 5. The van der Waals surface area contributed by atoms with Crippen molar-refractivity contribution in [1.29, 1.82) is 0 Å². The standard InChI is InChI=1S/C22H26N6O2/c1-13-10-17(19-14(2)26-27(3)21(19)24-13)22(30)25-16-7-4-6-15(11-16)12-28-9-5-8-18(28)20(23)29/h4,6-7,10-11,18H,5,8-9,12H2,1-3H3,(H2,23,29)(H,25,30). The number of aryl methyl sites for hydroxylation is 3. The molecule has 0 aliphatic carbocycles. The monoisotopic (exact) mass is 406 g/mol. The largest absolute Gasteiger partial charge is 0.368 e. The molecular weight excluding hydrogens is 380 g/mol. The molecule has 2 aromatic heterocycles. The van der Waals surface area contributed by atoms with E-state index < -0.39 is 0 Å². The second-order valence-electron chi connectivity index (χ2n) is 7.90. The van der Waals surface area contributed by atoms with Gasteiger partial charge in [-0.2, -0.15) is 5.10 Å². The highest BCUT2D eigenvalue weighted by atomic mass is 16.2. The Balaban J connectivity index is 1.57. The molecule has 3 aromatic rings. The van der Waals surface area contributed by atoms with Gasteiger partial charge in [0.2, 0.25) is 5.91 Å². The fraction of sp³-hybridized carbons (Fsp3) is 0.364. The highest BCUT2D eigenvalue weighted by Crippen LogP contribution is 2.24. The number of primary amides is 1. The molecule has 1 saturated heterocycles. The number of hydrogen-bond acceptors (Lipinski definition) is 5. The zero-order chi connectivity index (χ0) is 21.4. The van der Waals surface area contributed by atoms with E-state index in [4.69, 9.17) is 5.73 Å². The summed E-state index contributed by atoms with van der Waals surface area (Å²) in [4.78, 5) is 31.3. The zero-order valence-electron chi connectivity index (χ0n) is 17.5. The van der Waals surface area contributed by atoms with Crippen LogP contribution in [0.4, 0.5) is 5.69 Å². The third kappa shape index (κ3) is 3.78. The zero-order valence-corrected chi connectivity index (χ0v) is 17.5. The van der Waals surface area contributed by atoms with Crippen molar-refractivity contribution in [2.75, 3.05) is 11.9 Å². The number of pyridine rings is 1. The molecule has 8 heteroatoms. The summed E-state index contributed by atoms with van der Waals surface area (Å²) < 4.78 is 1.69. The first-order chi connectivity index (χ1) is 14.3. The molecule has 3 N–H and O–H groups in total. The van der Waals surface area contributed by atoms with Gasteiger partial charge in [0.15, 0.2) is 5.65 Å². The van der Waals surface area contributed by atoms with E-state index in [0.29, 0.717) is 23.4 Å². The number of fused-ring (bicyclic) bond motifs is 1. The van der Waals surface area contributed by atoms with E-state index in [1.165, 1.54) is 0 Å². The number of hydrogen-bond donors (Lipinski definition) is 2. The molecule has 2 amide bonds. The minimum Gasteiger partial charge on any atom is -0.368 e. The molecule has 1 unspecified atom stereocenters. The Morgan fingerprint density at radius 2 is 2.07 bits per heavy atom. The molecule has 8 nitrogen and oxygen atoms in total. The molecule has 1 aliphatic heterocycles. The van der Waals surface area contributed by atoms with Crippen LogP contribution in [0.3, 0.4) is 0 Å². The van der Waals surface area contributed by atoms with Gasteiger partial charge >= 0.3 is 0 Å². The summed E-state index contributed by atoms with van der Waals surface area (Å²) in [6.45, 7) is 5.21. The normalized spacial score (nSPS) is 16.8. The van der Waals surface area contributed by atoms with Crippen LogP contribution in [0.2, 0.25) is 0 Å². The topological polar surface area (TPSA) is 106 Å². The van der Waals surface area contributed by atoms with Crippen LogP contribution in [0, 0.1) is 13.8 Å². The summed E-state index contributed by atoms with van der Waals surface area (Å²) in [5.74, 6) is -0.476. The van der Waals surface area contributed by atoms with Crippen LogP contribution in [-0.2, 0) is 18.4 Å². The highest BCUT2D eigenvalue weighted by molar-refractivity contribution is 6.12. The van der Waals surface area contributed by atoms with Crippen molar-refractivity contribution >= 4 is 28.5 Å². The number of carbonyl (C=O) groups is 2. The van der Waals surface area contributed by atoms with Gasteiger partial charge in [-0.15, -0.1) is 0 Å². The number of nitrogens with zero attached hydrogens (tertiary/aromatic N) is 4. The molecule has 0 radical (unpaired) electrons. The van der Waals surface area contributed by atoms with Crippen molar-refractivity contribution in [3.63, 3.8) is 0 Å². The Hall–Kier alpha value is -3.26. The number of anilines is 1. The van der Waals surface area contributed by atoms with E-state index in [1.54, 1.807) is 10.7 Å². The molecule has 0 saturated carbocycles. The van der Waals surface area contributed by atoms with Crippen LogP contribution in [0.15, 0.2) is 30.3 Å². The molecular formula is C22H26N6O2. The number of carbonyl (C=O) groups excluding carboxylic acids is 2. The summed E-state index contributed by atoms with van der Waals surface area (Å²) >= 11 is 0.